The van der Waals surface area contributed by atoms with Gasteiger partial charge in [0, 0.05) is 45.3 Å². The Morgan fingerprint density at radius 1 is 1.40 bits per heavy atom. The van der Waals surface area contributed by atoms with Gasteiger partial charge in [0.05, 0.1) is 12.2 Å². The van der Waals surface area contributed by atoms with E-state index < -0.39 is 0 Å². The lowest BCUT2D eigenvalue weighted by atomic mass is 9.74. The Kier molecular flexibility index (Phi) is 5.35. The van der Waals surface area contributed by atoms with E-state index in [0.29, 0.717) is 12.4 Å². The molecule has 2 amide bonds. The zero-order valence-electron chi connectivity index (χ0n) is 14.7. The molecule has 0 radical (unpaired) electrons. The van der Waals surface area contributed by atoms with E-state index in [9.17, 15) is 4.79 Å². The van der Waals surface area contributed by atoms with Crippen molar-refractivity contribution in [1.29, 1.82) is 0 Å². The van der Waals surface area contributed by atoms with E-state index in [1.807, 2.05) is 18.2 Å². The summed E-state index contributed by atoms with van der Waals surface area (Å²) in [7, 11) is 3.50. The third-order valence-corrected chi connectivity index (χ3v) is 4.92. The number of rotatable bonds is 6. The zero-order valence-corrected chi connectivity index (χ0v) is 14.7. The number of carbonyl (C=O) groups excluding carboxylic acids is 1. The molecule has 2 atom stereocenters. The molecule has 0 spiro atoms. The summed E-state index contributed by atoms with van der Waals surface area (Å²) in [6, 6.07) is 11.8. The molecule has 2 heterocycles. The van der Waals surface area contributed by atoms with Crippen molar-refractivity contribution in [3.05, 3.63) is 48.2 Å². The van der Waals surface area contributed by atoms with Crippen LogP contribution in [0.4, 0.5) is 10.6 Å². The predicted octanol–water partition coefficient (Wildman–Crippen LogP) is 1.49. The second-order valence-electron chi connectivity index (χ2n) is 6.39. The highest BCUT2D eigenvalue weighted by molar-refractivity contribution is 5.88. The third kappa shape index (κ3) is 3.67. The molecule has 0 aliphatic carbocycles. The Balaban J connectivity index is 1.78. The van der Waals surface area contributed by atoms with Crippen molar-refractivity contribution in [2.24, 2.45) is 7.05 Å². The summed E-state index contributed by atoms with van der Waals surface area (Å²) in [5.74, 6) is 0.658. The number of hydrogen-bond acceptors (Lipinski definition) is 4. The number of ether oxygens (including phenoxy) is 1. The lowest BCUT2D eigenvalue weighted by molar-refractivity contribution is 0.162. The van der Waals surface area contributed by atoms with E-state index in [1.165, 1.54) is 5.56 Å². The van der Waals surface area contributed by atoms with Gasteiger partial charge in [-0.25, -0.2) is 4.79 Å². The molecule has 0 saturated carbocycles. The minimum absolute atomic E-state index is 0.0294. The number of hydrogen-bond donors (Lipinski definition) is 3. The van der Waals surface area contributed by atoms with Crippen LogP contribution in [0.5, 0.6) is 0 Å². The van der Waals surface area contributed by atoms with Crippen molar-refractivity contribution in [1.82, 2.24) is 20.4 Å². The van der Waals surface area contributed by atoms with Gasteiger partial charge >= 0.3 is 6.03 Å². The first-order valence-corrected chi connectivity index (χ1v) is 8.46. The first kappa shape index (κ1) is 17.4. The van der Waals surface area contributed by atoms with Crippen LogP contribution >= 0.6 is 0 Å². The number of amides is 2. The Morgan fingerprint density at radius 2 is 2.20 bits per heavy atom. The van der Waals surface area contributed by atoms with Gasteiger partial charge in [-0.15, -0.1) is 0 Å². The summed E-state index contributed by atoms with van der Waals surface area (Å²) in [6.45, 7) is 2.16. The number of methoxy groups -OCH3 is 1. The molecule has 7 nitrogen and oxygen atoms in total. The van der Waals surface area contributed by atoms with Crippen molar-refractivity contribution < 1.29 is 9.53 Å². The monoisotopic (exact) mass is 343 g/mol. The van der Waals surface area contributed by atoms with E-state index in [2.05, 4.69) is 33.2 Å². The lowest BCUT2D eigenvalue weighted by Gasteiger charge is -2.35. The average Bonchev–Trinajstić information content (AvgIpc) is 3.21. The van der Waals surface area contributed by atoms with Gasteiger partial charge in [-0.3, -0.25) is 10.00 Å². The molecule has 134 valence electrons. The fourth-order valence-corrected chi connectivity index (χ4v) is 3.52. The fourth-order valence-electron chi connectivity index (χ4n) is 3.52. The minimum Gasteiger partial charge on any atom is -0.385 e. The first-order valence-electron chi connectivity index (χ1n) is 8.46. The van der Waals surface area contributed by atoms with E-state index in [1.54, 1.807) is 31.1 Å². The van der Waals surface area contributed by atoms with Gasteiger partial charge in [0.25, 0.3) is 0 Å². The molecule has 3 N–H and O–H groups in total. The van der Waals surface area contributed by atoms with Gasteiger partial charge in [0.15, 0.2) is 0 Å². The molecule has 2 aromatic rings. The summed E-state index contributed by atoms with van der Waals surface area (Å²) >= 11 is 0. The third-order valence-electron chi connectivity index (χ3n) is 4.92. The fraction of sp³-hybridized carbons (Fsp3) is 0.444. The van der Waals surface area contributed by atoms with Crippen LogP contribution in [0.15, 0.2) is 42.6 Å². The van der Waals surface area contributed by atoms with Gasteiger partial charge in [0.1, 0.15) is 5.82 Å². The molecule has 0 unspecified atom stereocenters. The average molecular weight is 343 g/mol. The number of carbonyl (C=O) groups is 1. The number of nitrogens with zero attached hydrogens (tertiary/aromatic N) is 2. The van der Waals surface area contributed by atoms with Crippen LogP contribution in [0.2, 0.25) is 0 Å². The Bertz CT molecular complexity index is 703. The SMILES string of the molecule is COCC[C@]1(c2ccccc2)CNC[C@@H]1NC(=O)Nc1ccnn1C. The maximum Gasteiger partial charge on any atom is 0.320 e. The predicted molar refractivity (Wildman–Crippen MR) is 96.6 cm³/mol. The Labute approximate surface area is 147 Å². The first-order chi connectivity index (χ1) is 12.2. The Morgan fingerprint density at radius 3 is 2.88 bits per heavy atom. The van der Waals surface area contributed by atoms with Crippen LogP contribution in [0.3, 0.4) is 0 Å². The number of nitrogens with one attached hydrogen (secondary N) is 3. The van der Waals surface area contributed by atoms with Crippen molar-refractivity contribution in [3.63, 3.8) is 0 Å². The molecule has 1 aliphatic heterocycles. The quantitative estimate of drug-likeness (QED) is 0.742. The molecule has 3 rings (SSSR count). The summed E-state index contributed by atoms with van der Waals surface area (Å²) in [5.41, 5.74) is 1.02. The van der Waals surface area contributed by atoms with Crippen molar-refractivity contribution in [2.45, 2.75) is 17.9 Å². The standard InChI is InChI=1S/C18H25N5O2/c1-23-16(8-10-20-23)22-17(24)21-15-12-19-13-18(15,9-11-25-2)14-6-4-3-5-7-14/h3-8,10,15,19H,9,11-13H2,1-2H3,(H2,21,22,24)/t15-,18+/m0/s1. The summed E-state index contributed by atoms with van der Waals surface area (Å²) in [6.07, 6.45) is 2.48. The molecule has 25 heavy (non-hydrogen) atoms. The number of urea groups is 1. The summed E-state index contributed by atoms with van der Waals surface area (Å²) < 4.78 is 6.96. The number of aryl methyl sites for hydroxylation is 1. The van der Waals surface area contributed by atoms with Crippen LogP contribution in [-0.2, 0) is 17.2 Å². The van der Waals surface area contributed by atoms with Gasteiger partial charge in [-0.1, -0.05) is 30.3 Å². The number of benzene rings is 1. The lowest BCUT2D eigenvalue weighted by Crippen LogP contribution is -2.51. The molecule has 0 bridgehead atoms. The van der Waals surface area contributed by atoms with Crippen LogP contribution in [-0.4, -0.2) is 48.7 Å². The maximum atomic E-state index is 12.5. The normalized spacial score (nSPS) is 22.7. The second-order valence-corrected chi connectivity index (χ2v) is 6.39. The molecule has 1 aliphatic rings. The molecule has 1 aromatic heterocycles. The molecular weight excluding hydrogens is 318 g/mol. The van der Waals surface area contributed by atoms with Gasteiger partial charge in [-0.05, 0) is 12.0 Å². The minimum atomic E-state index is -0.227. The summed E-state index contributed by atoms with van der Waals surface area (Å²) in [4.78, 5) is 12.5. The highest BCUT2D eigenvalue weighted by Gasteiger charge is 2.44. The highest BCUT2D eigenvalue weighted by atomic mass is 16.5. The summed E-state index contributed by atoms with van der Waals surface area (Å²) in [5, 5.41) is 13.5. The topological polar surface area (TPSA) is 80.2 Å². The maximum absolute atomic E-state index is 12.5. The Hall–Kier alpha value is -2.38. The number of anilines is 1. The van der Waals surface area contributed by atoms with Gasteiger partial charge < -0.3 is 15.4 Å². The molecule has 1 aromatic carbocycles. The molecule has 1 saturated heterocycles. The van der Waals surface area contributed by atoms with E-state index in [-0.39, 0.29) is 17.5 Å². The smallest absolute Gasteiger partial charge is 0.320 e. The zero-order chi connectivity index (χ0) is 17.7. The van der Waals surface area contributed by atoms with Crippen LogP contribution in [0.1, 0.15) is 12.0 Å². The van der Waals surface area contributed by atoms with Gasteiger partial charge in [-0.2, -0.15) is 5.10 Å². The van der Waals surface area contributed by atoms with Crippen molar-refractivity contribution >= 4 is 11.8 Å². The van der Waals surface area contributed by atoms with Gasteiger partial charge in [0.2, 0.25) is 0 Å². The highest BCUT2D eigenvalue weighted by Crippen LogP contribution is 2.34. The van der Waals surface area contributed by atoms with E-state index >= 15 is 0 Å². The largest absolute Gasteiger partial charge is 0.385 e. The second kappa shape index (κ2) is 7.67. The van der Waals surface area contributed by atoms with Crippen LogP contribution < -0.4 is 16.0 Å². The van der Waals surface area contributed by atoms with Crippen molar-refractivity contribution in [3.8, 4) is 0 Å². The van der Waals surface area contributed by atoms with Crippen LogP contribution in [0.25, 0.3) is 0 Å². The molecule has 7 heteroatoms. The number of aromatic nitrogens is 2. The molecule has 1 fully saturated rings. The van der Waals surface area contributed by atoms with Crippen molar-refractivity contribution in [2.75, 3.05) is 32.1 Å². The molecular formula is C18H25N5O2. The van der Waals surface area contributed by atoms with Crippen LogP contribution in [0, 0.1) is 0 Å². The van der Waals surface area contributed by atoms with E-state index in [0.717, 1.165) is 19.5 Å². The van der Waals surface area contributed by atoms with E-state index in [4.69, 9.17) is 4.74 Å².